The molecule has 1 unspecified atom stereocenters. The molecule has 1 amide bonds. The van der Waals surface area contributed by atoms with E-state index in [1.54, 1.807) is 27.8 Å². The summed E-state index contributed by atoms with van der Waals surface area (Å²) < 4.78 is 7.08. The van der Waals surface area contributed by atoms with Crippen LogP contribution in [0.25, 0.3) is 21.1 Å². The second kappa shape index (κ2) is 10.2. The lowest BCUT2D eigenvalue weighted by Crippen LogP contribution is -2.57. The van der Waals surface area contributed by atoms with Crippen LogP contribution in [-0.4, -0.2) is 62.4 Å². The highest BCUT2D eigenvalue weighted by molar-refractivity contribution is 7.17. The van der Waals surface area contributed by atoms with Crippen molar-refractivity contribution in [3.05, 3.63) is 56.1 Å². The molecule has 1 N–H and O–H groups in total. The Morgan fingerprint density at radius 1 is 1.11 bits per heavy atom. The second-order valence-corrected chi connectivity index (χ2v) is 11.7. The number of piperazine rings is 1. The number of hydrogen-bond acceptors (Lipinski definition) is 9. The molecule has 10 nitrogen and oxygen atoms in total. The standard InChI is InChI=1S/C25H27Cl2N7O3S/c1-14(30-20-19-16(27)12-38-22(19)29-13-28-20)21-31-17-7-5-6-15(26)18(17)23(35)34(21)33-10-8-32(9-11-33)24(36)37-25(2,3)4/h5-7,12-14H,8-11H2,1-4H3,(H,28,29,30). The number of anilines is 1. The van der Waals surface area contributed by atoms with Gasteiger partial charge in [0.05, 0.1) is 45.5 Å². The van der Waals surface area contributed by atoms with Crippen LogP contribution in [-0.2, 0) is 4.74 Å². The smallest absolute Gasteiger partial charge is 0.410 e. The Balaban J connectivity index is 1.51. The maximum atomic E-state index is 13.9. The molecule has 200 valence electrons. The Morgan fingerprint density at radius 3 is 2.55 bits per heavy atom. The summed E-state index contributed by atoms with van der Waals surface area (Å²) in [5.41, 5.74) is -0.372. The summed E-state index contributed by atoms with van der Waals surface area (Å²) in [6.45, 7) is 9.00. The van der Waals surface area contributed by atoms with Crippen LogP contribution in [0, 0.1) is 0 Å². The van der Waals surface area contributed by atoms with E-state index in [4.69, 9.17) is 32.9 Å². The van der Waals surface area contributed by atoms with Crippen LogP contribution in [0.3, 0.4) is 0 Å². The Labute approximate surface area is 233 Å². The molecular formula is C25H27Cl2N7O3S. The van der Waals surface area contributed by atoms with Gasteiger partial charge in [-0.25, -0.2) is 24.4 Å². The van der Waals surface area contributed by atoms with Crippen molar-refractivity contribution in [2.45, 2.75) is 39.3 Å². The Morgan fingerprint density at radius 2 is 1.84 bits per heavy atom. The molecule has 13 heteroatoms. The molecule has 3 aromatic heterocycles. The number of hydrogen-bond donors (Lipinski definition) is 1. The Bertz CT molecular complexity index is 1580. The fourth-order valence-electron chi connectivity index (χ4n) is 4.38. The number of thiophene rings is 1. The van der Waals surface area contributed by atoms with Gasteiger partial charge in [0.2, 0.25) is 0 Å². The highest BCUT2D eigenvalue weighted by Gasteiger charge is 2.29. The number of ether oxygens (including phenoxy) is 1. The first-order chi connectivity index (χ1) is 18.0. The summed E-state index contributed by atoms with van der Waals surface area (Å²) in [5.74, 6) is 1.03. The van der Waals surface area contributed by atoms with Gasteiger partial charge in [-0.15, -0.1) is 11.3 Å². The summed E-state index contributed by atoms with van der Waals surface area (Å²) >= 11 is 14.3. The van der Waals surface area contributed by atoms with Crippen LogP contribution in [0.5, 0.6) is 0 Å². The average molecular weight is 577 g/mol. The van der Waals surface area contributed by atoms with Crippen molar-refractivity contribution in [2.24, 2.45) is 0 Å². The van der Waals surface area contributed by atoms with Crippen molar-refractivity contribution in [1.82, 2.24) is 24.5 Å². The molecule has 4 heterocycles. The highest BCUT2D eigenvalue weighted by Crippen LogP contribution is 2.34. The van der Waals surface area contributed by atoms with Crippen LogP contribution < -0.4 is 15.9 Å². The monoisotopic (exact) mass is 575 g/mol. The van der Waals surface area contributed by atoms with Gasteiger partial charge in [-0.2, -0.15) is 0 Å². The van der Waals surface area contributed by atoms with Gasteiger partial charge >= 0.3 is 6.09 Å². The quantitative estimate of drug-likeness (QED) is 0.359. The number of halogens is 2. The number of amides is 1. The third kappa shape index (κ3) is 5.10. The normalized spacial score (nSPS) is 15.2. The molecule has 4 aromatic rings. The van der Waals surface area contributed by atoms with Gasteiger partial charge < -0.3 is 20.0 Å². The van der Waals surface area contributed by atoms with Gasteiger partial charge in [-0.1, -0.05) is 29.3 Å². The Kier molecular flexibility index (Phi) is 7.10. The van der Waals surface area contributed by atoms with E-state index in [-0.39, 0.29) is 11.7 Å². The molecule has 0 bridgehead atoms. The fraction of sp³-hybridized carbons (Fsp3) is 0.400. The molecule has 1 aromatic carbocycles. The van der Waals surface area contributed by atoms with Crippen LogP contribution in [0.2, 0.25) is 10.0 Å². The molecule has 0 spiro atoms. The zero-order chi connectivity index (χ0) is 27.2. The molecule has 0 radical (unpaired) electrons. The number of rotatable bonds is 4. The van der Waals surface area contributed by atoms with Crippen molar-refractivity contribution in [3.8, 4) is 0 Å². The van der Waals surface area contributed by atoms with Crippen LogP contribution in [0.15, 0.2) is 34.7 Å². The van der Waals surface area contributed by atoms with Gasteiger partial charge in [0.1, 0.15) is 22.6 Å². The molecule has 5 rings (SSSR count). The van der Waals surface area contributed by atoms with E-state index in [1.165, 1.54) is 17.7 Å². The molecule has 0 saturated carbocycles. The van der Waals surface area contributed by atoms with Crippen LogP contribution >= 0.6 is 34.5 Å². The maximum absolute atomic E-state index is 13.9. The molecular weight excluding hydrogens is 549 g/mol. The van der Waals surface area contributed by atoms with E-state index >= 15 is 0 Å². The van der Waals surface area contributed by atoms with E-state index in [0.29, 0.717) is 58.8 Å². The lowest BCUT2D eigenvalue weighted by molar-refractivity contribution is 0.0231. The first-order valence-corrected chi connectivity index (χ1v) is 13.8. The zero-order valence-electron chi connectivity index (χ0n) is 21.4. The van der Waals surface area contributed by atoms with Gasteiger partial charge in [-0.05, 0) is 39.8 Å². The molecule has 1 atom stereocenters. The lowest BCUT2D eigenvalue weighted by Gasteiger charge is -2.38. The molecule has 1 saturated heterocycles. The number of fused-ring (bicyclic) bond motifs is 2. The average Bonchev–Trinajstić information content (AvgIpc) is 3.24. The van der Waals surface area contributed by atoms with Gasteiger partial charge in [0.15, 0.2) is 5.82 Å². The number of aromatic nitrogens is 4. The van der Waals surface area contributed by atoms with Crippen LogP contribution in [0.4, 0.5) is 10.6 Å². The molecule has 1 aliphatic heterocycles. The van der Waals surface area contributed by atoms with E-state index in [2.05, 4.69) is 15.3 Å². The van der Waals surface area contributed by atoms with Crippen molar-refractivity contribution < 1.29 is 9.53 Å². The van der Waals surface area contributed by atoms with Crippen molar-refractivity contribution >= 4 is 67.6 Å². The summed E-state index contributed by atoms with van der Waals surface area (Å²) in [6.07, 6.45) is 1.10. The summed E-state index contributed by atoms with van der Waals surface area (Å²) in [6, 6.07) is 4.77. The number of carbonyl (C=O) groups is 1. The van der Waals surface area contributed by atoms with Gasteiger partial charge in [0, 0.05) is 18.5 Å². The van der Waals surface area contributed by atoms with E-state index in [1.807, 2.05) is 38.1 Å². The zero-order valence-corrected chi connectivity index (χ0v) is 23.7. The SMILES string of the molecule is CC(Nc1ncnc2scc(Cl)c12)c1nc2cccc(Cl)c2c(=O)n1N1CCN(C(=O)OC(C)(C)C)CC1. The predicted octanol–water partition coefficient (Wildman–Crippen LogP) is 5.07. The van der Waals surface area contributed by atoms with E-state index < -0.39 is 11.6 Å². The largest absolute Gasteiger partial charge is 0.444 e. The third-order valence-electron chi connectivity index (χ3n) is 6.11. The minimum atomic E-state index is -0.587. The van der Waals surface area contributed by atoms with E-state index in [9.17, 15) is 9.59 Å². The Hall–Kier alpha value is -3.15. The first kappa shape index (κ1) is 26.5. The predicted molar refractivity (Wildman–Crippen MR) is 151 cm³/mol. The molecule has 1 fully saturated rings. The topological polar surface area (TPSA) is 105 Å². The molecule has 1 aliphatic rings. The number of carbonyl (C=O) groups excluding carboxylic acids is 1. The van der Waals surface area contributed by atoms with Crippen molar-refractivity contribution in [1.29, 1.82) is 0 Å². The van der Waals surface area contributed by atoms with Crippen LogP contribution in [0.1, 0.15) is 39.6 Å². The minimum absolute atomic E-state index is 0.281. The van der Waals surface area contributed by atoms with Gasteiger partial charge in [0.25, 0.3) is 5.56 Å². The van der Waals surface area contributed by atoms with Crippen molar-refractivity contribution in [2.75, 3.05) is 36.5 Å². The maximum Gasteiger partial charge on any atom is 0.410 e. The fourth-order valence-corrected chi connectivity index (χ4v) is 5.76. The lowest BCUT2D eigenvalue weighted by atomic mass is 10.2. The van der Waals surface area contributed by atoms with Gasteiger partial charge in [-0.3, -0.25) is 4.79 Å². The highest BCUT2D eigenvalue weighted by atomic mass is 35.5. The number of nitrogens with one attached hydrogen (secondary N) is 1. The molecule has 0 aliphatic carbocycles. The van der Waals surface area contributed by atoms with E-state index in [0.717, 1.165) is 10.2 Å². The number of nitrogens with zero attached hydrogens (tertiary/aromatic N) is 6. The number of benzene rings is 1. The first-order valence-electron chi connectivity index (χ1n) is 12.1. The summed E-state index contributed by atoms with van der Waals surface area (Å²) in [4.78, 5) is 42.4. The third-order valence-corrected chi connectivity index (χ3v) is 7.74. The molecule has 38 heavy (non-hydrogen) atoms. The van der Waals surface area contributed by atoms with Crippen molar-refractivity contribution in [3.63, 3.8) is 0 Å². The minimum Gasteiger partial charge on any atom is -0.444 e. The second-order valence-electron chi connectivity index (χ2n) is 9.99. The summed E-state index contributed by atoms with van der Waals surface area (Å²) in [7, 11) is 0. The summed E-state index contributed by atoms with van der Waals surface area (Å²) in [5, 5.41) is 9.01.